The highest BCUT2D eigenvalue weighted by molar-refractivity contribution is 6.24. The average Bonchev–Trinajstić information content (AvgIpc) is 3.27. The van der Waals surface area contributed by atoms with Gasteiger partial charge in [-0.25, -0.2) is 0 Å². The number of hydrogen-bond donors (Lipinski definition) is 0. The Morgan fingerprint density at radius 1 is 1.06 bits per heavy atom. The van der Waals surface area contributed by atoms with Crippen LogP contribution in [-0.4, -0.2) is 12.9 Å². The second-order valence-corrected chi connectivity index (χ2v) is 10.7. The van der Waals surface area contributed by atoms with Crippen LogP contribution in [0, 0.1) is 36.0 Å². The van der Waals surface area contributed by atoms with Crippen LogP contribution in [0.1, 0.15) is 60.8 Å². The number of hydrogen-bond acceptors (Lipinski definition) is 2. The first kappa shape index (κ1) is 19.3. The van der Waals surface area contributed by atoms with E-state index in [9.17, 15) is 4.79 Å². The van der Waals surface area contributed by atoms with Gasteiger partial charge >= 0.3 is 0 Å². The number of rotatable bonds is 2. The number of carbonyl (C=O) groups is 1. The molecule has 6 atom stereocenters. The van der Waals surface area contributed by atoms with Gasteiger partial charge in [0.05, 0.1) is 7.11 Å². The third-order valence-corrected chi connectivity index (χ3v) is 9.33. The molecule has 2 saturated carbocycles. The molecule has 0 unspecified atom stereocenters. The largest absolute Gasteiger partial charge is 0.497 e. The maximum absolute atomic E-state index is 13.7. The first-order valence-electron chi connectivity index (χ1n) is 12.0. The van der Waals surface area contributed by atoms with Gasteiger partial charge in [-0.05, 0) is 96.9 Å². The lowest BCUT2D eigenvalue weighted by atomic mass is 9.53. The minimum atomic E-state index is 0.149. The Bertz CT molecular complexity index is 1080. The van der Waals surface area contributed by atoms with E-state index in [-0.39, 0.29) is 11.3 Å². The highest BCUT2D eigenvalue weighted by Gasteiger charge is 2.61. The van der Waals surface area contributed by atoms with Gasteiger partial charge in [0.25, 0.3) is 0 Å². The van der Waals surface area contributed by atoms with Crippen LogP contribution in [0.4, 0.5) is 0 Å². The van der Waals surface area contributed by atoms with Crippen molar-refractivity contribution in [1.82, 2.24) is 0 Å². The van der Waals surface area contributed by atoms with Crippen molar-refractivity contribution < 1.29 is 9.53 Å². The molecule has 4 aliphatic carbocycles. The molecule has 2 aromatic carbocycles. The lowest BCUT2D eigenvalue weighted by Crippen LogP contribution is -2.44. The number of methoxy groups -OCH3 is 1. The topological polar surface area (TPSA) is 26.3 Å². The average molecular weight is 413 g/mol. The number of ketones is 1. The van der Waals surface area contributed by atoms with Crippen molar-refractivity contribution in [3.8, 4) is 5.75 Å². The molecule has 0 N–H and O–H groups in total. The van der Waals surface area contributed by atoms with Crippen molar-refractivity contribution in [1.29, 1.82) is 0 Å². The van der Waals surface area contributed by atoms with Gasteiger partial charge in [0, 0.05) is 11.5 Å². The molecular formula is C29H32O2. The fraction of sp³-hybridized carbons (Fsp3) is 0.483. The summed E-state index contributed by atoms with van der Waals surface area (Å²) in [5, 5.41) is 0. The number of allylic oxidation sites excluding steroid dienone is 2. The molecule has 2 heteroatoms. The molecule has 0 amide bonds. The molecule has 4 aliphatic rings. The summed E-state index contributed by atoms with van der Waals surface area (Å²) < 4.78 is 5.47. The minimum Gasteiger partial charge on any atom is -0.497 e. The SMILES string of the molecule is COc1ccc2c(c1)CC[C@@H]1[C@@H]2CC[C@]2(C)[C@@H]3C(=O)C(c4ccc(C)cc4)=C[C@@H]3C[C@@H]12. The summed E-state index contributed by atoms with van der Waals surface area (Å²) in [6, 6.07) is 15.2. The van der Waals surface area contributed by atoms with Crippen molar-refractivity contribution in [2.45, 2.75) is 51.9 Å². The molecule has 0 aromatic heterocycles. The fourth-order valence-corrected chi connectivity index (χ4v) is 7.88. The van der Waals surface area contributed by atoms with Crippen LogP contribution in [0.15, 0.2) is 48.5 Å². The van der Waals surface area contributed by atoms with E-state index in [1.807, 2.05) is 0 Å². The molecule has 0 spiro atoms. The van der Waals surface area contributed by atoms with Crippen LogP contribution in [0.3, 0.4) is 0 Å². The van der Waals surface area contributed by atoms with Crippen molar-refractivity contribution >= 4 is 11.4 Å². The monoisotopic (exact) mass is 412 g/mol. The highest BCUT2D eigenvalue weighted by atomic mass is 16.5. The van der Waals surface area contributed by atoms with Crippen molar-refractivity contribution in [2.24, 2.45) is 29.1 Å². The van der Waals surface area contributed by atoms with E-state index in [1.54, 1.807) is 12.7 Å². The molecule has 0 bridgehead atoms. The third-order valence-electron chi connectivity index (χ3n) is 9.33. The number of benzene rings is 2. The zero-order valence-corrected chi connectivity index (χ0v) is 18.9. The van der Waals surface area contributed by atoms with Crippen molar-refractivity contribution in [3.63, 3.8) is 0 Å². The molecule has 0 aliphatic heterocycles. The number of carbonyl (C=O) groups excluding carboxylic acids is 1. The van der Waals surface area contributed by atoms with E-state index < -0.39 is 0 Å². The Kier molecular flexibility index (Phi) is 4.26. The zero-order valence-electron chi connectivity index (χ0n) is 18.9. The lowest BCUT2D eigenvalue weighted by Gasteiger charge is -2.50. The van der Waals surface area contributed by atoms with Gasteiger partial charge in [0.15, 0.2) is 5.78 Å². The van der Waals surface area contributed by atoms with Crippen LogP contribution >= 0.6 is 0 Å². The molecule has 2 nitrogen and oxygen atoms in total. The van der Waals surface area contributed by atoms with Crippen molar-refractivity contribution in [3.05, 3.63) is 70.8 Å². The summed E-state index contributed by atoms with van der Waals surface area (Å²) >= 11 is 0. The molecule has 2 aromatic rings. The molecular weight excluding hydrogens is 380 g/mol. The van der Waals surface area contributed by atoms with Crippen LogP contribution in [0.25, 0.3) is 5.57 Å². The summed E-state index contributed by atoms with van der Waals surface area (Å²) in [6.07, 6.45) is 8.33. The first-order chi connectivity index (χ1) is 15.0. The normalized spacial score (nSPS) is 35.6. The molecule has 0 saturated heterocycles. The van der Waals surface area contributed by atoms with Crippen molar-refractivity contribution in [2.75, 3.05) is 7.11 Å². The predicted molar refractivity (Wildman–Crippen MR) is 124 cm³/mol. The molecule has 6 rings (SSSR count). The van der Waals surface area contributed by atoms with E-state index in [0.717, 1.165) is 23.3 Å². The first-order valence-corrected chi connectivity index (χ1v) is 12.0. The summed E-state index contributed by atoms with van der Waals surface area (Å²) in [6.45, 7) is 4.55. The summed E-state index contributed by atoms with van der Waals surface area (Å²) in [7, 11) is 1.76. The number of Topliss-reactive ketones (excluding diaryl/α,β-unsaturated/α-hetero) is 1. The Morgan fingerprint density at radius 2 is 1.87 bits per heavy atom. The number of aryl methyl sites for hydroxylation is 2. The predicted octanol–water partition coefficient (Wildman–Crippen LogP) is 6.37. The summed E-state index contributed by atoms with van der Waals surface area (Å²) in [5.41, 5.74) is 6.53. The van der Waals surface area contributed by atoms with Crippen LogP contribution in [0.2, 0.25) is 0 Å². The van der Waals surface area contributed by atoms with Gasteiger partial charge in [-0.2, -0.15) is 0 Å². The maximum Gasteiger partial charge on any atom is 0.167 e. The van der Waals surface area contributed by atoms with Gasteiger partial charge in [-0.3, -0.25) is 4.79 Å². The van der Waals surface area contributed by atoms with E-state index in [2.05, 4.69) is 62.4 Å². The second kappa shape index (κ2) is 6.82. The molecule has 160 valence electrons. The maximum atomic E-state index is 13.7. The van der Waals surface area contributed by atoms with E-state index in [4.69, 9.17) is 4.74 Å². The highest BCUT2D eigenvalue weighted by Crippen LogP contribution is 2.67. The van der Waals surface area contributed by atoms with Crippen LogP contribution in [0.5, 0.6) is 5.75 Å². The van der Waals surface area contributed by atoms with E-state index >= 15 is 0 Å². The molecule has 0 radical (unpaired) electrons. The van der Waals surface area contributed by atoms with Gasteiger partial charge in [-0.15, -0.1) is 0 Å². The second-order valence-electron chi connectivity index (χ2n) is 10.7. The Hall–Kier alpha value is -2.35. The fourth-order valence-electron chi connectivity index (χ4n) is 7.88. The smallest absolute Gasteiger partial charge is 0.167 e. The molecule has 2 fully saturated rings. The summed E-state index contributed by atoms with van der Waals surface area (Å²) in [5.74, 6) is 4.04. The van der Waals surface area contributed by atoms with Gasteiger partial charge in [-0.1, -0.05) is 48.9 Å². The molecule has 0 heterocycles. The summed E-state index contributed by atoms with van der Waals surface area (Å²) in [4.78, 5) is 13.7. The lowest BCUT2D eigenvalue weighted by molar-refractivity contribution is -0.122. The standard InChI is InChI=1S/C29H32O2/c1-17-4-6-18(7-5-17)25-15-20-16-26-24-10-8-19-14-21(31-3)9-11-22(19)23(24)12-13-29(26,2)27(20)28(25)30/h4-7,9,11,14-15,20,23-24,26-27H,8,10,12-13,16H2,1-3H3/t20-,23-,24-,26+,27+,29+/m1/s1. The van der Waals surface area contributed by atoms with E-state index in [0.29, 0.717) is 29.5 Å². The Morgan fingerprint density at radius 3 is 2.65 bits per heavy atom. The Balaban J connectivity index is 1.32. The van der Waals surface area contributed by atoms with E-state index in [1.165, 1.54) is 36.8 Å². The van der Waals surface area contributed by atoms with Crippen LogP contribution < -0.4 is 4.74 Å². The number of fused-ring (bicyclic) bond motifs is 7. The molecule has 31 heavy (non-hydrogen) atoms. The van der Waals surface area contributed by atoms with Crippen LogP contribution in [-0.2, 0) is 11.2 Å². The van der Waals surface area contributed by atoms with Gasteiger partial charge in [0.2, 0.25) is 0 Å². The number of ether oxygens (including phenoxy) is 1. The third kappa shape index (κ3) is 2.73. The van der Waals surface area contributed by atoms with Gasteiger partial charge < -0.3 is 4.74 Å². The minimum absolute atomic E-state index is 0.149. The zero-order chi connectivity index (χ0) is 21.3. The quantitative estimate of drug-likeness (QED) is 0.573. The Labute approximate surface area is 185 Å². The van der Waals surface area contributed by atoms with Gasteiger partial charge in [0.1, 0.15) is 5.75 Å².